The molecule has 4 heteroatoms. The van der Waals surface area contributed by atoms with Gasteiger partial charge in [0.05, 0.1) is 11.6 Å². The number of thiazole rings is 1. The Morgan fingerprint density at radius 3 is 3.00 bits per heavy atom. The summed E-state index contributed by atoms with van der Waals surface area (Å²) < 4.78 is 5.76. The first-order valence-electron chi connectivity index (χ1n) is 6.57. The minimum absolute atomic E-state index is 0.00613. The molecule has 0 radical (unpaired) electrons. The van der Waals surface area contributed by atoms with Crippen LogP contribution in [0.15, 0.2) is 30.5 Å². The van der Waals surface area contributed by atoms with Crippen molar-refractivity contribution in [2.45, 2.75) is 25.2 Å². The molecule has 1 atom stereocenters. The summed E-state index contributed by atoms with van der Waals surface area (Å²) in [5, 5.41) is 1.11. The maximum Gasteiger partial charge on any atom is 0.123 e. The number of rotatable bonds is 3. The maximum absolute atomic E-state index is 6.14. The molecule has 0 saturated carbocycles. The highest BCUT2D eigenvalue weighted by atomic mass is 32.1. The van der Waals surface area contributed by atoms with E-state index < -0.39 is 0 Å². The lowest BCUT2D eigenvalue weighted by Gasteiger charge is -2.37. The van der Waals surface area contributed by atoms with E-state index in [9.17, 15) is 0 Å². The summed E-state index contributed by atoms with van der Waals surface area (Å²) in [4.78, 5) is 5.66. The highest BCUT2D eigenvalue weighted by molar-refractivity contribution is 7.11. The summed E-state index contributed by atoms with van der Waals surface area (Å²) in [7, 11) is 0. The normalized spacial score (nSPS) is 21.8. The summed E-state index contributed by atoms with van der Waals surface area (Å²) in [6.07, 6.45) is 3.91. The summed E-state index contributed by atoms with van der Waals surface area (Å²) in [5.74, 6) is 0.987. The van der Waals surface area contributed by atoms with E-state index in [-0.39, 0.29) is 5.41 Å². The van der Waals surface area contributed by atoms with E-state index in [4.69, 9.17) is 10.5 Å². The fraction of sp³-hybridized carbons (Fsp3) is 0.400. The van der Waals surface area contributed by atoms with Crippen LogP contribution in [0.1, 0.15) is 21.9 Å². The molecule has 0 bridgehead atoms. The number of nitrogens with two attached hydrogens (primary N) is 1. The van der Waals surface area contributed by atoms with Crippen LogP contribution in [0, 0.1) is 6.92 Å². The molecular weight excluding hydrogens is 256 g/mol. The summed E-state index contributed by atoms with van der Waals surface area (Å²) >= 11 is 1.76. The van der Waals surface area contributed by atoms with Gasteiger partial charge in [-0.15, -0.1) is 11.3 Å². The van der Waals surface area contributed by atoms with Crippen LogP contribution in [-0.4, -0.2) is 18.1 Å². The van der Waals surface area contributed by atoms with Gasteiger partial charge in [-0.05, 0) is 25.8 Å². The lowest BCUT2D eigenvalue weighted by atomic mass is 9.73. The van der Waals surface area contributed by atoms with Crippen molar-refractivity contribution in [1.82, 2.24) is 4.98 Å². The summed E-state index contributed by atoms with van der Waals surface area (Å²) in [6.45, 7) is 3.43. The fourth-order valence-corrected chi connectivity index (χ4v) is 3.75. The fourth-order valence-electron chi connectivity index (χ4n) is 2.81. The smallest absolute Gasteiger partial charge is 0.123 e. The van der Waals surface area contributed by atoms with E-state index in [1.54, 1.807) is 11.3 Å². The molecule has 100 valence electrons. The number of para-hydroxylation sites is 1. The van der Waals surface area contributed by atoms with Crippen LogP contribution in [0.2, 0.25) is 0 Å². The summed E-state index contributed by atoms with van der Waals surface area (Å²) in [5.41, 5.74) is 7.38. The van der Waals surface area contributed by atoms with Gasteiger partial charge in [0.1, 0.15) is 5.75 Å². The lowest BCUT2D eigenvalue weighted by molar-refractivity contribution is 0.216. The first-order valence-corrected chi connectivity index (χ1v) is 7.39. The molecular formula is C15H18N2OS. The van der Waals surface area contributed by atoms with Gasteiger partial charge in [0.25, 0.3) is 0 Å². The van der Waals surface area contributed by atoms with Gasteiger partial charge in [-0.1, -0.05) is 18.2 Å². The van der Waals surface area contributed by atoms with E-state index in [0.29, 0.717) is 6.54 Å². The Morgan fingerprint density at radius 2 is 2.26 bits per heavy atom. The third-order valence-corrected chi connectivity index (χ3v) is 4.78. The first-order chi connectivity index (χ1) is 9.23. The van der Waals surface area contributed by atoms with Crippen molar-refractivity contribution in [3.63, 3.8) is 0 Å². The highest BCUT2D eigenvalue weighted by Crippen LogP contribution is 2.41. The molecule has 1 aliphatic rings. The Bertz CT molecular complexity index is 581. The zero-order valence-corrected chi connectivity index (χ0v) is 11.9. The van der Waals surface area contributed by atoms with Crippen LogP contribution in [0.25, 0.3) is 0 Å². The van der Waals surface area contributed by atoms with Gasteiger partial charge in [-0.2, -0.15) is 0 Å². The Morgan fingerprint density at radius 1 is 1.42 bits per heavy atom. The first kappa shape index (κ1) is 12.6. The van der Waals surface area contributed by atoms with E-state index in [1.165, 1.54) is 10.4 Å². The lowest BCUT2D eigenvalue weighted by Crippen LogP contribution is -2.41. The minimum Gasteiger partial charge on any atom is -0.493 e. The average Bonchev–Trinajstić information content (AvgIpc) is 2.84. The third kappa shape index (κ3) is 2.26. The maximum atomic E-state index is 6.14. The van der Waals surface area contributed by atoms with Gasteiger partial charge in [0.2, 0.25) is 0 Å². The Labute approximate surface area is 117 Å². The van der Waals surface area contributed by atoms with Crippen LogP contribution < -0.4 is 10.5 Å². The zero-order valence-electron chi connectivity index (χ0n) is 11.1. The van der Waals surface area contributed by atoms with Crippen molar-refractivity contribution in [2.24, 2.45) is 5.73 Å². The van der Waals surface area contributed by atoms with Gasteiger partial charge >= 0.3 is 0 Å². The SMILES string of the molecule is Cc1ncc(CC2(CN)CCOc3ccccc32)s1. The third-order valence-electron chi connectivity index (χ3n) is 3.87. The highest BCUT2D eigenvalue weighted by Gasteiger charge is 2.37. The molecule has 1 aromatic heterocycles. The molecule has 3 rings (SSSR count). The minimum atomic E-state index is -0.00613. The second kappa shape index (κ2) is 4.94. The van der Waals surface area contributed by atoms with E-state index in [2.05, 4.69) is 17.1 Å². The average molecular weight is 274 g/mol. The number of nitrogens with zero attached hydrogens (tertiary/aromatic N) is 1. The molecule has 2 N–H and O–H groups in total. The van der Waals surface area contributed by atoms with Crippen LogP contribution in [0.3, 0.4) is 0 Å². The molecule has 1 unspecified atom stereocenters. The number of fused-ring (bicyclic) bond motifs is 1. The van der Waals surface area contributed by atoms with Gasteiger partial charge in [0, 0.05) is 28.6 Å². The van der Waals surface area contributed by atoms with Gasteiger partial charge < -0.3 is 10.5 Å². The van der Waals surface area contributed by atoms with Crippen molar-refractivity contribution >= 4 is 11.3 Å². The molecule has 0 spiro atoms. The van der Waals surface area contributed by atoms with Crippen LogP contribution in [0.4, 0.5) is 0 Å². The van der Waals surface area contributed by atoms with Gasteiger partial charge in [-0.25, -0.2) is 4.98 Å². The van der Waals surface area contributed by atoms with Crippen molar-refractivity contribution in [1.29, 1.82) is 0 Å². The van der Waals surface area contributed by atoms with E-state index >= 15 is 0 Å². The molecule has 0 aliphatic carbocycles. The number of aromatic nitrogens is 1. The molecule has 0 amide bonds. The van der Waals surface area contributed by atoms with Crippen molar-refractivity contribution in [3.8, 4) is 5.75 Å². The van der Waals surface area contributed by atoms with Gasteiger partial charge in [0.15, 0.2) is 0 Å². The number of ether oxygens (including phenoxy) is 1. The molecule has 2 heterocycles. The number of hydrogen-bond acceptors (Lipinski definition) is 4. The second-order valence-electron chi connectivity index (χ2n) is 5.10. The van der Waals surface area contributed by atoms with Gasteiger partial charge in [-0.3, -0.25) is 0 Å². The summed E-state index contributed by atoms with van der Waals surface area (Å²) in [6, 6.07) is 8.27. The van der Waals surface area contributed by atoms with E-state index in [1.807, 2.05) is 25.3 Å². The number of hydrogen-bond donors (Lipinski definition) is 1. The second-order valence-corrected chi connectivity index (χ2v) is 6.42. The van der Waals surface area contributed by atoms with Crippen LogP contribution >= 0.6 is 11.3 Å². The van der Waals surface area contributed by atoms with Crippen molar-refractivity contribution < 1.29 is 4.74 Å². The molecule has 0 fully saturated rings. The number of benzene rings is 1. The monoisotopic (exact) mass is 274 g/mol. The Kier molecular flexibility index (Phi) is 3.29. The Balaban J connectivity index is 2.00. The molecule has 1 aliphatic heterocycles. The Hall–Kier alpha value is -1.39. The van der Waals surface area contributed by atoms with Crippen LogP contribution in [-0.2, 0) is 11.8 Å². The predicted molar refractivity (Wildman–Crippen MR) is 77.8 cm³/mol. The standard InChI is InChI=1S/C15H18N2OS/c1-11-17-9-12(19-11)8-15(10-16)6-7-18-14-5-3-2-4-13(14)15/h2-5,9H,6-8,10,16H2,1H3. The quantitative estimate of drug-likeness (QED) is 0.936. The van der Waals surface area contributed by atoms with Crippen molar-refractivity contribution in [3.05, 3.63) is 45.9 Å². The molecule has 2 aromatic rings. The molecule has 0 saturated heterocycles. The topological polar surface area (TPSA) is 48.1 Å². The number of aryl methyl sites for hydroxylation is 1. The largest absolute Gasteiger partial charge is 0.493 e. The van der Waals surface area contributed by atoms with E-state index in [0.717, 1.165) is 30.2 Å². The molecule has 1 aromatic carbocycles. The predicted octanol–water partition coefficient (Wildman–Crippen LogP) is 2.67. The molecule has 3 nitrogen and oxygen atoms in total. The van der Waals surface area contributed by atoms with Crippen LogP contribution in [0.5, 0.6) is 5.75 Å². The zero-order chi connectivity index (χ0) is 13.3. The van der Waals surface area contributed by atoms with Crippen molar-refractivity contribution in [2.75, 3.05) is 13.2 Å². The molecule has 19 heavy (non-hydrogen) atoms.